The van der Waals surface area contributed by atoms with E-state index in [-0.39, 0.29) is 22.6 Å². The van der Waals surface area contributed by atoms with E-state index in [0.29, 0.717) is 48.2 Å². The summed E-state index contributed by atoms with van der Waals surface area (Å²) >= 11 is 6.19. The highest BCUT2D eigenvalue weighted by molar-refractivity contribution is 6.31. The van der Waals surface area contributed by atoms with E-state index >= 15 is 4.39 Å². The smallest absolute Gasteiger partial charge is 0.354 e. The number of halogens is 3. The molecular formula is C29H35ClF2N8O. The van der Waals surface area contributed by atoms with Gasteiger partial charge in [-0.3, -0.25) is 9.56 Å². The highest BCUT2D eigenvalue weighted by atomic mass is 35.5. The van der Waals surface area contributed by atoms with Crippen molar-refractivity contribution >= 4 is 28.6 Å². The third kappa shape index (κ3) is 7.69. The molecule has 0 aliphatic heterocycles. The van der Waals surface area contributed by atoms with Gasteiger partial charge in [-0.15, -0.1) is 0 Å². The Morgan fingerprint density at radius 2 is 1.95 bits per heavy atom. The number of hydrogen-bond donors (Lipinski definition) is 5. The van der Waals surface area contributed by atoms with Crippen LogP contribution in [0.2, 0.25) is 5.02 Å². The number of benzene rings is 2. The lowest BCUT2D eigenvalue weighted by Crippen LogP contribution is -2.24. The minimum atomic E-state index is -0.581. The molecule has 4 rings (SSSR count). The van der Waals surface area contributed by atoms with E-state index < -0.39 is 24.2 Å². The van der Waals surface area contributed by atoms with Crippen LogP contribution in [0.3, 0.4) is 0 Å². The van der Waals surface area contributed by atoms with Crippen LogP contribution >= 0.6 is 11.6 Å². The first-order chi connectivity index (χ1) is 19.7. The van der Waals surface area contributed by atoms with Gasteiger partial charge in [0, 0.05) is 35.8 Å². The lowest BCUT2D eigenvalue weighted by atomic mass is 10.0. The lowest BCUT2D eigenvalue weighted by molar-refractivity contribution is 0.407. The molecule has 41 heavy (non-hydrogen) atoms. The molecule has 2 aromatic carbocycles. The number of alkyl halides is 1. The number of H-pyrrole nitrogens is 1. The molecule has 9 nitrogen and oxygen atoms in total. The second-order valence-corrected chi connectivity index (χ2v) is 10.5. The molecule has 8 N–H and O–H groups in total. The number of nitrogens with zero attached hydrogens (tertiary/aromatic N) is 3. The van der Waals surface area contributed by atoms with Crippen molar-refractivity contribution in [3.05, 3.63) is 81.1 Å². The molecule has 0 aliphatic rings. The number of nitrogens with one attached hydrogen (secondary N) is 2. The number of rotatable bonds is 13. The highest BCUT2D eigenvalue weighted by Crippen LogP contribution is 2.31. The fourth-order valence-corrected chi connectivity index (χ4v) is 4.84. The molecule has 0 saturated heterocycles. The zero-order valence-electron chi connectivity index (χ0n) is 22.8. The predicted octanol–water partition coefficient (Wildman–Crippen LogP) is 4.11. The summed E-state index contributed by atoms with van der Waals surface area (Å²) in [5.41, 5.74) is 19.4. The molecule has 0 amide bonds. The van der Waals surface area contributed by atoms with Crippen LogP contribution in [0.25, 0.3) is 28.0 Å². The lowest BCUT2D eigenvalue weighted by Gasteiger charge is -2.15. The van der Waals surface area contributed by atoms with Gasteiger partial charge >= 0.3 is 5.69 Å². The van der Waals surface area contributed by atoms with E-state index in [1.54, 1.807) is 24.4 Å². The minimum Gasteiger partial charge on any atom is -0.370 e. The van der Waals surface area contributed by atoms with Gasteiger partial charge in [0.05, 0.1) is 16.4 Å². The van der Waals surface area contributed by atoms with Crippen LogP contribution < -0.4 is 28.2 Å². The Balaban J connectivity index is 1.52. The van der Waals surface area contributed by atoms with Crippen LogP contribution in [0.4, 0.5) is 8.78 Å². The summed E-state index contributed by atoms with van der Waals surface area (Å²) in [5, 5.41) is 4.04. The SMILES string of the molecule is CC(NCCCN=C(N)N)c1ccc(-n2cc3cc(-c4cc(CCCC(N)CF)cc(Cl)c4F)[nH]c3nc2=O)cc1. The van der Waals surface area contributed by atoms with Gasteiger partial charge in [0.15, 0.2) is 11.8 Å². The van der Waals surface area contributed by atoms with Crippen LogP contribution in [-0.4, -0.2) is 46.3 Å². The van der Waals surface area contributed by atoms with Crippen LogP contribution in [-0.2, 0) is 6.42 Å². The third-order valence-corrected chi connectivity index (χ3v) is 7.15. The molecule has 0 radical (unpaired) electrons. The summed E-state index contributed by atoms with van der Waals surface area (Å²) in [6.07, 6.45) is 4.21. The van der Waals surface area contributed by atoms with Gasteiger partial charge in [-0.1, -0.05) is 23.7 Å². The molecular weight excluding hydrogens is 550 g/mol. The zero-order chi connectivity index (χ0) is 29.5. The molecule has 218 valence electrons. The number of aromatic amines is 1. The van der Waals surface area contributed by atoms with E-state index in [4.69, 9.17) is 28.8 Å². The van der Waals surface area contributed by atoms with Crippen molar-refractivity contribution in [1.82, 2.24) is 19.9 Å². The van der Waals surface area contributed by atoms with Gasteiger partial charge in [0.2, 0.25) is 0 Å². The number of guanidine groups is 1. The maximum Gasteiger partial charge on any atom is 0.354 e. The number of fused-ring (bicyclic) bond motifs is 1. The maximum atomic E-state index is 15.0. The fourth-order valence-electron chi connectivity index (χ4n) is 4.60. The number of hydrogen-bond acceptors (Lipinski definition) is 5. The molecule has 4 aromatic rings. The second-order valence-electron chi connectivity index (χ2n) is 10.1. The molecule has 12 heteroatoms. The maximum absolute atomic E-state index is 15.0. The Morgan fingerprint density at radius 3 is 2.66 bits per heavy atom. The van der Waals surface area contributed by atoms with E-state index in [1.807, 2.05) is 24.3 Å². The van der Waals surface area contributed by atoms with Crippen molar-refractivity contribution in [1.29, 1.82) is 0 Å². The van der Waals surface area contributed by atoms with Crippen molar-refractivity contribution in [2.75, 3.05) is 19.8 Å². The van der Waals surface area contributed by atoms with Crippen LogP contribution in [0.15, 0.2) is 58.4 Å². The molecule has 0 aliphatic carbocycles. The summed E-state index contributed by atoms with van der Waals surface area (Å²) in [6, 6.07) is 12.2. The average molecular weight is 585 g/mol. The molecule has 2 heterocycles. The quantitative estimate of drug-likeness (QED) is 0.0905. The van der Waals surface area contributed by atoms with Gasteiger partial charge in [0.25, 0.3) is 0 Å². The largest absolute Gasteiger partial charge is 0.370 e. The number of nitrogens with two attached hydrogens (primary N) is 3. The molecule has 0 saturated carbocycles. The minimum absolute atomic E-state index is 0.0175. The predicted molar refractivity (Wildman–Crippen MR) is 161 cm³/mol. The Hall–Kier alpha value is -3.80. The normalized spacial score (nSPS) is 12.9. The zero-order valence-corrected chi connectivity index (χ0v) is 23.6. The molecule has 2 aromatic heterocycles. The Morgan fingerprint density at radius 1 is 1.20 bits per heavy atom. The Labute approximate surface area is 241 Å². The van der Waals surface area contributed by atoms with Gasteiger partial charge in [-0.05, 0) is 80.6 Å². The van der Waals surface area contributed by atoms with E-state index in [0.717, 1.165) is 24.1 Å². The first kappa shape index (κ1) is 30.2. The van der Waals surface area contributed by atoms with Crippen molar-refractivity contribution in [3.63, 3.8) is 0 Å². The topological polar surface area (TPSA) is 153 Å². The summed E-state index contributed by atoms with van der Waals surface area (Å²) in [4.78, 5) is 24.1. The number of aliphatic imine (C=N–C) groups is 1. The van der Waals surface area contributed by atoms with Crippen molar-refractivity contribution < 1.29 is 8.78 Å². The molecule has 0 fully saturated rings. The van der Waals surface area contributed by atoms with E-state index in [2.05, 4.69) is 27.2 Å². The molecule has 2 atom stereocenters. The van der Waals surface area contributed by atoms with Gasteiger partial charge in [0.1, 0.15) is 12.3 Å². The molecule has 2 unspecified atom stereocenters. The third-order valence-electron chi connectivity index (χ3n) is 6.88. The van der Waals surface area contributed by atoms with Crippen LogP contribution in [0.5, 0.6) is 0 Å². The standard InChI is InChI=1S/C29H35ClF2N8O/c1-17(36-10-3-11-37-28(34)35)19-6-8-22(9-7-19)40-16-20-14-25(38-27(20)39-29(40)41)23-12-18(13-24(30)26(23)32)4-2-5-21(33)15-31/h6-9,12-14,16-17,21,36H,2-5,10-11,15,33H2,1H3,(H4,34,35,37)(H,38,39,41). The molecule has 0 bridgehead atoms. The Kier molecular flexibility index (Phi) is 10.1. The van der Waals surface area contributed by atoms with E-state index in [1.165, 1.54) is 4.57 Å². The van der Waals surface area contributed by atoms with Gasteiger partial charge < -0.3 is 27.5 Å². The van der Waals surface area contributed by atoms with Gasteiger partial charge in [-0.25, -0.2) is 13.6 Å². The van der Waals surface area contributed by atoms with E-state index in [9.17, 15) is 9.18 Å². The van der Waals surface area contributed by atoms with Crippen LogP contribution in [0.1, 0.15) is 43.4 Å². The highest BCUT2D eigenvalue weighted by Gasteiger charge is 2.16. The van der Waals surface area contributed by atoms with Gasteiger partial charge in [-0.2, -0.15) is 4.98 Å². The molecule has 0 spiro atoms. The van der Waals surface area contributed by atoms with Crippen LogP contribution in [0, 0.1) is 5.82 Å². The summed E-state index contributed by atoms with van der Waals surface area (Å²) in [6.45, 7) is 2.78. The number of aryl methyl sites for hydroxylation is 1. The van der Waals surface area contributed by atoms with Crippen molar-refractivity contribution in [3.8, 4) is 16.9 Å². The average Bonchev–Trinajstić information content (AvgIpc) is 3.36. The monoisotopic (exact) mass is 584 g/mol. The summed E-state index contributed by atoms with van der Waals surface area (Å²) in [7, 11) is 0. The second kappa shape index (κ2) is 13.7. The van der Waals surface area contributed by atoms with Crippen molar-refractivity contribution in [2.45, 2.75) is 44.7 Å². The number of aromatic nitrogens is 3. The summed E-state index contributed by atoms with van der Waals surface area (Å²) in [5.74, 6) is -0.492. The fraction of sp³-hybridized carbons (Fsp3) is 0.345. The first-order valence-electron chi connectivity index (χ1n) is 13.5. The Bertz CT molecular complexity index is 1560. The first-order valence-corrected chi connectivity index (χ1v) is 13.9. The summed E-state index contributed by atoms with van der Waals surface area (Å²) < 4.78 is 29.2. The van der Waals surface area contributed by atoms with Crippen molar-refractivity contribution in [2.24, 2.45) is 22.2 Å².